The van der Waals surface area contributed by atoms with Crippen molar-refractivity contribution in [2.24, 2.45) is 0 Å². The van der Waals surface area contributed by atoms with E-state index in [1.54, 1.807) is 4.90 Å². The molecule has 2 aromatic carbocycles. The standard InChI is InChI=1S/C19H23N3O/c1-14-8-6-7-11-16(14)13-22(2)19(23)18-12-17(20-21-18)15-9-4-3-5-10-15/h3-11,17-18,20-21H,12-13H2,1-2H3. The molecule has 4 heteroatoms. The fourth-order valence-corrected chi connectivity index (χ4v) is 3.01. The Bertz CT molecular complexity index is 671. The number of benzene rings is 2. The van der Waals surface area contributed by atoms with Gasteiger partial charge in [0, 0.05) is 19.6 Å². The van der Waals surface area contributed by atoms with Crippen molar-refractivity contribution in [3.63, 3.8) is 0 Å². The van der Waals surface area contributed by atoms with Crippen LogP contribution in [-0.2, 0) is 11.3 Å². The van der Waals surface area contributed by atoms with Gasteiger partial charge in [-0.05, 0) is 30.0 Å². The zero-order chi connectivity index (χ0) is 16.2. The zero-order valence-corrected chi connectivity index (χ0v) is 13.6. The summed E-state index contributed by atoms with van der Waals surface area (Å²) >= 11 is 0. The monoisotopic (exact) mass is 309 g/mol. The number of carbonyl (C=O) groups is 1. The highest BCUT2D eigenvalue weighted by Crippen LogP contribution is 2.23. The van der Waals surface area contributed by atoms with E-state index in [2.05, 4.69) is 42.0 Å². The van der Waals surface area contributed by atoms with E-state index in [1.807, 2.05) is 37.4 Å². The Morgan fingerprint density at radius 3 is 2.52 bits per heavy atom. The molecule has 4 nitrogen and oxygen atoms in total. The Morgan fingerprint density at radius 1 is 1.09 bits per heavy atom. The molecule has 2 unspecified atom stereocenters. The van der Waals surface area contributed by atoms with Crippen molar-refractivity contribution in [3.8, 4) is 0 Å². The van der Waals surface area contributed by atoms with E-state index in [0.29, 0.717) is 6.54 Å². The highest BCUT2D eigenvalue weighted by molar-refractivity contribution is 5.82. The minimum Gasteiger partial charge on any atom is -0.340 e. The third-order valence-corrected chi connectivity index (χ3v) is 4.45. The van der Waals surface area contributed by atoms with Gasteiger partial charge in [0.15, 0.2) is 0 Å². The highest BCUT2D eigenvalue weighted by atomic mass is 16.2. The van der Waals surface area contributed by atoms with Crippen LogP contribution in [0.2, 0.25) is 0 Å². The third kappa shape index (κ3) is 3.60. The molecule has 1 saturated heterocycles. The molecule has 23 heavy (non-hydrogen) atoms. The van der Waals surface area contributed by atoms with Gasteiger partial charge in [-0.15, -0.1) is 0 Å². The average Bonchev–Trinajstić information content (AvgIpc) is 3.07. The summed E-state index contributed by atoms with van der Waals surface area (Å²) in [4.78, 5) is 14.5. The molecule has 2 atom stereocenters. The van der Waals surface area contributed by atoms with Crippen molar-refractivity contribution in [2.75, 3.05) is 7.05 Å². The van der Waals surface area contributed by atoms with E-state index in [-0.39, 0.29) is 18.0 Å². The number of carbonyl (C=O) groups excluding carboxylic acids is 1. The number of amides is 1. The van der Waals surface area contributed by atoms with Gasteiger partial charge in [-0.1, -0.05) is 54.6 Å². The molecule has 1 aliphatic rings. The fraction of sp³-hybridized carbons (Fsp3) is 0.316. The second-order valence-corrected chi connectivity index (χ2v) is 6.16. The van der Waals surface area contributed by atoms with Crippen LogP contribution < -0.4 is 10.9 Å². The number of rotatable bonds is 4. The van der Waals surface area contributed by atoms with Crippen molar-refractivity contribution in [1.29, 1.82) is 0 Å². The highest BCUT2D eigenvalue weighted by Gasteiger charge is 2.31. The summed E-state index contributed by atoms with van der Waals surface area (Å²) < 4.78 is 0. The normalized spacial score (nSPS) is 20.4. The lowest BCUT2D eigenvalue weighted by Crippen LogP contribution is -2.43. The molecule has 2 aromatic rings. The van der Waals surface area contributed by atoms with Crippen LogP contribution in [0.5, 0.6) is 0 Å². The van der Waals surface area contributed by atoms with Crippen molar-refractivity contribution >= 4 is 5.91 Å². The third-order valence-electron chi connectivity index (χ3n) is 4.45. The first-order chi connectivity index (χ1) is 11.1. The summed E-state index contributed by atoms with van der Waals surface area (Å²) in [7, 11) is 1.87. The van der Waals surface area contributed by atoms with Crippen LogP contribution in [0, 0.1) is 6.92 Å². The number of hydrogen-bond donors (Lipinski definition) is 2. The maximum absolute atomic E-state index is 12.7. The van der Waals surface area contributed by atoms with Crippen LogP contribution in [-0.4, -0.2) is 23.9 Å². The number of hydrogen-bond acceptors (Lipinski definition) is 3. The van der Waals surface area contributed by atoms with Crippen LogP contribution in [0.25, 0.3) is 0 Å². The summed E-state index contributed by atoms with van der Waals surface area (Å²) in [5.74, 6) is 0.124. The Labute approximate surface area is 137 Å². The fourth-order valence-electron chi connectivity index (χ4n) is 3.01. The molecule has 0 radical (unpaired) electrons. The van der Waals surface area contributed by atoms with Gasteiger partial charge in [-0.2, -0.15) is 0 Å². The van der Waals surface area contributed by atoms with Crippen molar-refractivity contribution in [3.05, 3.63) is 71.3 Å². The summed E-state index contributed by atoms with van der Waals surface area (Å²) in [5, 5.41) is 0. The van der Waals surface area contributed by atoms with E-state index < -0.39 is 0 Å². The van der Waals surface area contributed by atoms with Crippen LogP contribution >= 0.6 is 0 Å². The van der Waals surface area contributed by atoms with Gasteiger partial charge >= 0.3 is 0 Å². The number of likely N-dealkylation sites (N-methyl/N-ethyl adjacent to an activating group) is 1. The number of nitrogens with zero attached hydrogens (tertiary/aromatic N) is 1. The lowest BCUT2D eigenvalue weighted by Gasteiger charge is -2.21. The molecule has 0 spiro atoms. The predicted octanol–water partition coefficient (Wildman–Crippen LogP) is 2.56. The van der Waals surface area contributed by atoms with E-state index >= 15 is 0 Å². The Kier molecular flexibility index (Phi) is 4.74. The van der Waals surface area contributed by atoms with Gasteiger partial charge in [0.05, 0.1) is 0 Å². The minimum absolute atomic E-state index is 0.124. The lowest BCUT2D eigenvalue weighted by atomic mass is 10.0. The van der Waals surface area contributed by atoms with E-state index in [9.17, 15) is 4.79 Å². The molecule has 1 aliphatic heterocycles. The molecule has 120 valence electrons. The summed E-state index contributed by atoms with van der Waals surface area (Å²) in [6.45, 7) is 2.72. The van der Waals surface area contributed by atoms with Crippen LogP contribution in [0.4, 0.5) is 0 Å². The molecule has 1 heterocycles. The summed E-state index contributed by atoms with van der Waals surface area (Å²) in [6.07, 6.45) is 0.765. The smallest absolute Gasteiger partial charge is 0.241 e. The van der Waals surface area contributed by atoms with Crippen LogP contribution in [0.3, 0.4) is 0 Å². The molecule has 3 rings (SSSR count). The van der Waals surface area contributed by atoms with E-state index in [0.717, 1.165) is 6.42 Å². The van der Waals surface area contributed by atoms with Crippen molar-refractivity contribution < 1.29 is 4.79 Å². The maximum atomic E-state index is 12.7. The zero-order valence-electron chi connectivity index (χ0n) is 13.6. The summed E-state index contributed by atoms with van der Waals surface area (Å²) in [6, 6.07) is 18.4. The van der Waals surface area contributed by atoms with Gasteiger partial charge in [0.2, 0.25) is 5.91 Å². The number of nitrogens with one attached hydrogen (secondary N) is 2. The molecular formula is C19H23N3O. The maximum Gasteiger partial charge on any atom is 0.241 e. The molecule has 0 aromatic heterocycles. The quantitative estimate of drug-likeness (QED) is 0.912. The lowest BCUT2D eigenvalue weighted by molar-refractivity contribution is -0.132. The Balaban J connectivity index is 1.61. The first-order valence-electron chi connectivity index (χ1n) is 8.00. The first kappa shape index (κ1) is 15.7. The van der Waals surface area contributed by atoms with Gasteiger partial charge in [0.1, 0.15) is 6.04 Å². The van der Waals surface area contributed by atoms with Crippen LogP contribution in [0.1, 0.15) is 29.2 Å². The minimum atomic E-state index is -0.186. The van der Waals surface area contributed by atoms with Crippen molar-refractivity contribution in [1.82, 2.24) is 15.8 Å². The van der Waals surface area contributed by atoms with Crippen LogP contribution in [0.15, 0.2) is 54.6 Å². The average molecular weight is 309 g/mol. The molecule has 0 aliphatic carbocycles. The number of aryl methyl sites for hydroxylation is 1. The van der Waals surface area contributed by atoms with Gasteiger partial charge < -0.3 is 4.90 Å². The molecular weight excluding hydrogens is 286 g/mol. The summed E-state index contributed by atoms with van der Waals surface area (Å²) in [5.41, 5.74) is 9.99. The largest absolute Gasteiger partial charge is 0.340 e. The second-order valence-electron chi connectivity index (χ2n) is 6.16. The molecule has 1 fully saturated rings. The Morgan fingerprint density at radius 2 is 1.78 bits per heavy atom. The second kappa shape index (κ2) is 6.94. The Hall–Kier alpha value is -2.17. The van der Waals surface area contributed by atoms with Gasteiger partial charge in [-0.3, -0.25) is 4.79 Å². The van der Waals surface area contributed by atoms with Gasteiger partial charge in [0.25, 0.3) is 0 Å². The van der Waals surface area contributed by atoms with E-state index in [4.69, 9.17) is 0 Å². The number of hydrazine groups is 1. The van der Waals surface area contributed by atoms with E-state index in [1.165, 1.54) is 16.7 Å². The molecule has 2 N–H and O–H groups in total. The molecule has 1 amide bonds. The van der Waals surface area contributed by atoms with Gasteiger partial charge in [-0.25, -0.2) is 10.9 Å². The molecule has 0 saturated carbocycles. The topological polar surface area (TPSA) is 44.4 Å². The predicted molar refractivity (Wildman–Crippen MR) is 91.5 cm³/mol. The van der Waals surface area contributed by atoms with Crippen molar-refractivity contribution in [2.45, 2.75) is 32.0 Å². The SMILES string of the molecule is Cc1ccccc1CN(C)C(=O)C1CC(c2ccccc2)NN1. The molecule has 0 bridgehead atoms. The first-order valence-corrected chi connectivity index (χ1v) is 8.00.